The Kier molecular flexibility index (Phi) is 3.43. The van der Waals surface area contributed by atoms with Gasteiger partial charge in [-0.15, -0.1) is 0 Å². The number of nitrogens with one attached hydrogen (secondary N) is 1. The summed E-state index contributed by atoms with van der Waals surface area (Å²) in [6, 6.07) is 13.7. The monoisotopic (exact) mass is 356 g/mol. The molecule has 3 aromatic heterocycles. The van der Waals surface area contributed by atoms with E-state index in [-0.39, 0.29) is 0 Å². The predicted octanol–water partition coefficient (Wildman–Crippen LogP) is 4.34. The number of benzene rings is 2. The van der Waals surface area contributed by atoms with Gasteiger partial charge in [0.15, 0.2) is 11.5 Å². The summed E-state index contributed by atoms with van der Waals surface area (Å²) in [6.07, 6.45) is 3.57. The van der Waals surface area contributed by atoms with Gasteiger partial charge >= 0.3 is 0 Å². The van der Waals surface area contributed by atoms with Gasteiger partial charge in [0.25, 0.3) is 0 Å². The summed E-state index contributed by atoms with van der Waals surface area (Å²) in [5.41, 5.74) is 4.46. The third-order valence-electron chi connectivity index (χ3n) is 4.72. The van der Waals surface area contributed by atoms with Crippen molar-refractivity contribution in [1.29, 1.82) is 0 Å². The molecule has 0 amide bonds. The normalized spacial score (nSPS) is 11.3. The van der Waals surface area contributed by atoms with Gasteiger partial charge in [0.1, 0.15) is 5.82 Å². The largest absolute Gasteiger partial charge is 0.493 e. The van der Waals surface area contributed by atoms with Crippen LogP contribution in [0.1, 0.15) is 0 Å². The highest BCUT2D eigenvalue weighted by Crippen LogP contribution is 2.35. The van der Waals surface area contributed by atoms with Crippen molar-refractivity contribution in [3.05, 3.63) is 54.9 Å². The number of aromatic nitrogens is 4. The summed E-state index contributed by atoms with van der Waals surface area (Å²) in [7, 11) is 3.25. The van der Waals surface area contributed by atoms with Crippen molar-refractivity contribution in [3.8, 4) is 22.9 Å². The summed E-state index contributed by atoms with van der Waals surface area (Å²) in [6.45, 7) is 0. The number of nitrogens with zero attached hydrogens (tertiary/aromatic N) is 3. The molecule has 132 valence electrons. The van der Waals surface area contributed by atoms with Crippen molar-refractivity contribution in [3.63, 3.8) is 0 Å². The Bertz CT molecular complexity index is 1240. The summed E-state index contributed by atoms with van der Waals surface area (Å²) in [5.74, 6) is 2.10. The smallest absolute Gasteiger partial charge is 0.161 e. The van der Waals surface area contributed by atoms with E-state index in [0.29, 0.717) is 11.5 Å². The van der Waals surface area contributed by atoms with Crippen molar-refractivity contribution in [1.82, 2.24) is 19.9 Å². The molecule has 0 saturated heterocycles. The van der Waals surface area contributed by atoms with E-state index < -0.39 is 0 Å². The average Bonchev–Trinajstić information content (AvgIpc) is 3.19. The number of pyridine rings is 2. The van der Waals surface area contributed by atoms with Gasteiger partial charge in [-0.3, -0.25) is 9.97 Å². The molecule has 0 aliphatic rings. The third kappa shape index (κ3) is 2.30. The SMILES string of the molecule is COc1ccc(-c2nc3c4cccnc4c4ncccc4c3[nH]2)cc1OC. The van der Waals surface area contributed by atoms with Crippen LogP contribution in [-0.2, 0) is 0 Å². The van der Waals surface area contributed by atoms with Crippen molar-refractivity contribution in [2.24, 2.45) is 0 Å². The Balaban J connectivity index is 1.84. The van der Waals surface area contributed by atoms with Crippen LogP contribution in [0.2, 0.25) is 0 Å². The molecule has 0 aliphatic carbocycles. The molecule has 0 spiro atoms. The second-order valence-corrected chi connectivity index (χ2v) is 6.18. The Morgan fingerprint density at radius 2 is 1.48 bits per heavy atom. The molecule has 0 bridgehead atoms. The Morgan fingerprint density at radius 1 is 0.778 bits per heavy atom. The lowest BCUT2D eigenvalue weighted by Gasteiger charge is -2.08. The molecule has 0 unspecified atom stereocenters. The highest BCUT2D eigenvalue weighted by Gasteiger charge is 2.16. The number of rotatable bonds is 3. The number of methoxy groups -OCH3 is 2. The second-order valence-electron chi connectivity index (χ2n) is 6.18. The maximum atomic E-state index is 5.43. The zero-order chi connectivity index (χ0) is 18.4. The Hall–Kier alpha value is -3.67. The lowest BCUT2D eigenvalue weighted by molar-refractivity contribution is 0.355. The number of hydrogen-bond donors (Lipinski definition) is 1. The first-order chi connectivity index (χ1) is 13.3. The fraction of sp³-hybridized carbons (Fsp3) is 0.0952. The molecule has 5 aromatic rings. The van der Waals surface area contributed by atoms with Crippen LogP contribution in [0.15, 0.2) is 54.9 Å². The highest BCUT2D eigenvalue weighted by molar-refractivity contribution is 6.21. The van der Waals surface area contributed by atoms with E-state index in [9.17, 15) is 0 Å². The number of H-pyrrole nitrogens is 1. The maximum Gasteiger partial charge on any atom is 0.161 e. The second kappa shape index (κ2) is 5.95. The molecule has 6 nitrogen and oxygen atoms in total. The van der Waals surface area contributed by atoms with Gasteiger partial charge in [-0.05, 0) is 42.5 Å². The minimum absolute atomic E-state index is 0.661. The van der Waals surface area contributed by atoms with Crippen molar-refractivity contribution < 1.29 is 9.47 Å². The molecule has 0 atom stereocenters. The standard InChI is InChI=1S/C21H16N4O2/c1-26-15-8-7-12(11-16(15)27-2)21-24-19-13-5-3-9-22-17(13)18-14(20(19)25-21)6-4-10-23-18/h3-11H,1-2H3,(H,24,25). The first-order valence-corrected chi connectivity index (χ1v) is 8.53. The molecule has 5 rings (SSSR count). The van der Waals surface area contributed by atoms with Gasteiger partial charge < -0.3 is 14.5 Å². The van der Waals surface area contributed by atoms with E-state index in [4.69, 9.17) is 14.5 Å². The van der Waals surface area contributed by atoms with Crippen LogP contribution in [0.25, 0.3) is 44.2 Å². The van der Waals surface area contributed by atoms with Crippen LogP contribution in [0.3, 0.4) is 0 Å². The zero-order valence-electron chi connectivity index (χ0n) is 14.9. The molecular formula is C21H16N4O2. The van der Waals surface area contributed by atoms with Crippen LogP contribution in [0.5, 0.6) is 11.5 Å². The van der Waals surface area contributed by atoms with Crippen LogP contribution >= 0.6 is 0 Å². The number of ether oxygens (including phenoxy) is 2. The van der Waals surface area contributed by atoms with Crippen LogP contribution in [0.4, 0.5) is 0 Å². The van der Waals surface area contributed by atoms with E-state index in [2.05, 4.69) is 15.0 Å². The first-order valence-electron chi connectivity index (χ1n) is 8.53. The fourth-order valence-corrected chi connectivity index (χ4v) is 3.46. The molecule has 0 fully saturated rings. The number of fused-ring (bicyclic) bond motifs is 6. The number of aromatic amines is 1. The third-order valence-corrected chi connectivity index (χ3v) is 4.72. The van der Waals surface area contributed by atoms with E-state index >= 15 is 0 Å². The fourth-order valence-electron chi connectivity index (χ4n) is 3.46. The number of hydrogen-bond acceptors (Lipinski definition) is 5. The summed E-state index contributed by atoms with van der Waals surface area (Å²) in [4.78, 5) is 17.4. The molecule has 0 saturated carbocycles. The van der Waals surface area contributed by atoms with Gasteiger partial charge in [0, 0.05) is 28.7 Å². The van der Waals surface area contributed by atoms with Gasteiger partial charge in [-0.2, -0.15) is 0 Å². The highest BCUT2D eigenvalue weighted by atomic mass is 16.5. The van der Waals surface area contributed by atoms with Gasteiger partial charge in [0.05, 0.1) is 36.3 Å². The summed E-state index contributed by atoms with van der Waals surface area (Å²) in [5, 5.41) is 1.97. The lowest BCUT2D eigenvalue weighted by Crippen LogP contribution is -1.91. The topological polar surface area (TPSA) is 72.9 Å². The van der Waals surface area contributed by atoms with Crippen LogP contribution < -0.4 is 9.47 Å². The van der Waals surface area contributed by atoms with E-state index in [1.54, 1.807) is 26.6 Å². The molecule has 3 heterocycles. The average molecular weight is 356 g/mol. The molecule has 27 heavy (non-hydrogen) atoms. The van der Waals surface area contributed by atoms with Crippen LogP contribution in [0, 0.1) is 0 Å². The number of imidazole rings is 1. The molecule has 6 heteroatoms. The van der Waals surface area contributed by atoms with E-state index in [0.717, 1.165) is 44.2 Å². The zero-order valence-corrected chi connectivity index (χ0v) is 14.9. The van der Waals surface area contributed by atoms with Gasteiger partial charge in [-0.1, -0.05) is 0 Å². The van der Waals surface area contributed by atoms with Crippen LogP contribution in [-0.4, -0.2) is 34.2 Å². The summed E-state index contributed by atoms with van der Waals surface area (Å²) < 4.78 is 10.8. The Labute approximate surface area is 154 Å². The van der Waals surface area contributed by atoms with Crippen molar-refractivity contribution in [2.45, 2.75) is 0 Å². The maximum absolute atomic E-state index is 5.43. The minimum Gasteiger partial charge on any atom is -0.493 e. The van der Waals surface area contributed by atoms with E-state index in [1.807, 2.05) is 42.5 Å². The Morgan fingerprint density at radius 3 is 2.22 bits per heavy atom. The molecule has 0 aliphatic heterocycles. The first kappa shape index (κ1) is 15.6. The lowest BCUT2D eigenvalue weighted by atomic mass is 10.1. The molecule has 0 radical (unpaired) electrons. The molecular weight excluding hydrogens is 340 g/mol. The summed E-state index contributed by atoms with van der Waals surface area (Å²) >= 11 is 0. The van der Waals surface area contributed by atoms with Crippen molar-refractivity contribution in [2.75, 3.05) is 14.2 Å². The predicted molar refractivity (Wildman–Crippen MR) is 105 cm³/mol. The van der Waals surface area contributed by atoms with Gasteiger partial charge in [0.2, 0.25) is 0 Å². The van der Waals surface area contributed by atoms with E-state index in [1.165, 1.54) is 0 Å². The molecule has 1 N–H and O–H groups in total. The minimum atomic E-state index is 0.661. The quantitative estimate of drug-likeness (QED) is 0.487. The van der Waals surface area contributed by atoms with Gasteiger partial charge in [-0.25, -0.2) is 4.98 Å². The van der Waals surface area contributed by atoms with Crippen molar-refractivity contribution >= 4 is 32.8 Å². The molecule has 2 aromatic carbocycles.